The van der Waals surface area contributed by atoms with Gasteiger partial charge in [-0.15, -0.1) is 13.2 Å². The molecule has 0 fully saturated rings. The third-order valence-electron chi connectivity index (χ3n) is 4.62. The minimum absolute atomic E-state index is 0.0479. The van der Waals surface area contributed by atoms with E-state index in [1.54, 1.807) is 18.3 Å². The summed E-state index contributed by atoms with van der Waals surface area (Å²) in [5.74, 6) is 0.770. The summed E-state index contributed by atoms with van der Waals surface area (Å²) in [6.07, 6.45) is 0.959. The molecule has 2 aromatic rings. The number of alkyl halides is 3. The average Bonchev–Trinajstić information content (AvgIpc) is 3.06. The quantitative estimate of drug-likeness (QED) is 0.539. The number of fused-ring (bicyclic) bond motifs is 1. The zero-order valence-electron chi connectivity index (χ0n) is 16.0. The van der Waals surface area contributed by atoms with Crippen LogP contribution in [0.3, 0.4) is 0 Å². The normalized spacial score (nSPS) is 17.7. The van der Waals surface area contributed by atoms with Crippen LogP contribution < -0.4 is 16.0 Å². The van der Waals surface area contributed by atoms with Crippen molar-refractivity contribution in [3.63, 3.8) is 0 Å². The Hall–Kier alpha value is -2.92. The molecular weight excluding hydrogens is 479 g/mol. The summed E-state index contributed by atoms with van der Waals surface area (Å²) in [5.41, 5.74) is 3.15. The summed E-state index contributed by atoms with van der Waals surface area (Å²) < 4.78 is 42.0. The van der Waals surface area contributed by atoms with E-state index in [4.69, 9.17) is 0 Å². The van der Waals surface area contributed by atoms with Gasteiger partial charge in [0.05, 0.1) is 17.0 Å². The van der Waals surface area contributed by atoms with E-state index >= 15 is 0 Å². The first kappa shape index (κ1) is 21.3. The van der Waals surface area contributed by atoms with Crippen LogP contribution in [0.5, 0.6) is 0 Å². The zero-order valence-corrected chi connectivity index (χ0v) is 17.5. The van der Waals surface area contributed by atoms with Crippen LogP contribution in [0.15, 0.2) is 52.7 Å². The number of nitrogens with one attached hydrogen (secondary N) is 3. The van der Waals surface area contributed by atoms with E-state index in [9.17, 15) is 18.0 Å². The van der Waals surface area contributed by atoms with Gasteiger partial charge in [-0.3, -0.25) is 9.53 Å². The summed E-state index contributed by atoms with van der Waals surface area (Å²) in [7, 11) is 0. The molecule has 0 bridgehead atoms. The number of anilines is 4. The lowest BCUT2D eigenvalue weighted by Gasteiger charge is -2.21. The summed E-state index contributed by atoms with van der Waals surface area (Å²) >= 11 is 3.37. The highest BCUT2D eigenvalue weighted by molar-refractivity contribution is 9.10. The van der Waals surface area contributed by atoms with Gasteiger partial charge in [-0.25, -0.2) is 4.98 Å². The Morgan fingerprint density at radius 1 is 1.32 bits per heavy atom. The third-order valence-corrected chi connectivity index (χ3v) is 5.20. The van der Waals surface area contributed by atoms with Crippen LogP contribution in [0.2, 0.25) is 0 Å². The smallest absolute Gasteiger partial charge is 0.365 e. The van der Waals surface area contributed by atoms with Gasteiger partial charge in [-0.05, 0) is 45.3 Å². The van der Waals surface area contributed by atoms with Crippen molar-refractivity contribution in [3.8, 4) is 0 Å². The van der Waals surface area contributed by atoms with Crippen LogP contribution in [-0.4, -0.2) is 34.9 Å². The number of carbonyl (C=O) groups is 1. The number of hydrogen-bond donors (Lipinski definition) is 3. The molecule has 1 aromatic carbocycles. The van der Waals surface area contributed by atoms with Crippen molar-refractivity contribution < 1.29 is 22.7 Å². The topological polar surface area (TPSA) is 88.2 Å². The van der Waals surface area contributed by atoms with E-state index in [0.29, 0.717) is 29.2 Å². The highest BCUT2D eigenvalue weighted by Crippen LogP contribution is 2.29. The van der Waals surface area contributed by atoms with Gasteiger partial charge in [0, 0.05) is 30.5 Å². The van der Waals surface area contributed by atoms with Crippen LogP contribution in [0.25, 0.3) is 0 Å². The monoisotopic (exact) mass is 495 g/mol. The van der Waals surface area contributed by atoms with Crippen LogP contribution in [0, 0.1) is 0 Å². The van der Waals surface area contributed by atoms with Gasteiger partial charge in [0.1, 0.15) is 5.82 Å². The Balaban J connectivity index is 1.40. The second-order valence-electron chi connectivity index (χ2n) is 6.98. The largest absolute Gasteiger partial charge is 0.523 e. The molecule has 0 spiro atoms. The minimum atomic E-state index is -4.68. The Morgan fingerprint density at radius 2 is 2.16 bits per heavy atom. The Morgan fingerprint density at radius 3 is 2.97 bits per heavy atom. The van der Waals surface area contributed by atoms with E-state index in [-0.39, 0.29) is 12.3 Å². The molecule has 162 valence electrons. The number of rotatable bonds is 6. The second kappa shape index (κ2) is 8.67. The molecule has 0 saturated heterocycles. The number of benzene rings is 1. The fraction of sp³-hybridized carbons (Fsp3) is 0.250. The Labute approximate surface area is 183 Å². The number of hydrogen-bond acceptors (Lipinski definition) is 6. The van der Waals surface area contributed by atoms with E-state index in [0.717, 1.165) is 22.5 Å². The molecule has 1 amide bonds. The van der Waals surface area contributed by atoms with E-state index in [1.165, 1.54) is 6.08 Å². The number of ether oxygens (including phenoxy) is 1. The molecule has 1 aliphatic carbocycles. The number of allylic oxidation sites excluding steroid dienone is 2. The molecular formula is C20H17BrF3N5O2. The molecule has 3 N–H and O–H groups in total. The van der Waals surface area contributed by atoms with Crippen LogP contribution in [0.1, 0.15) is 12.0 Å². The van der Waals surface area contributed by atoms with Gasteiger partial charge < -0.3 is 16.0 Å². The third kappa shape index (κ3) is 5.61. The van der Waals surface area contributed by atoms with Crippen LogP contribution in [0.4, 0.5) is 36.3 Å². The van der Waals surface area contributed by atoms with E-state index < -0.39 is 12.5 Å². The van der Waals surface area contributed by atoms with Gasteiger partial charge in [0.25, 0.3) is 0 Å². The van der Waals surface area contributed by atoms with Gasteiger partial charge >= 0.3 is 6.36 Å². The van der Waals surface area contributed by atoms with Crippen molar-refractivity contribution in [1.29, 1.82) is 0 Å². The molecule has 31 heavy (non-hydrogen) atoms. The molecule has 2 aliphatic rings. The number of amides is 1. The van der Waals surface area contributed by atoms with Gasteiger partial charge in [0.15, 0.2) is 0 Å². The molecule has 1 atom stereocenters. The van der Waals surface area contributed by atoms with Crippen molar-refractivity contribution in [2.45, 2.75) is 25.3 Å². The SMILES string of the molecule is O=C1Cc2cc(Nc3ncc(Br)c(NCC4=CC=CC(OC(F)(F)F)C4)n3)ccc2N1. The predicted molar refractivity (Wildman–Crippen MR) is 113 cm³/mol. The zero-order chi connectivity index (χ0) is 22.0. The van der Waals surface area contributed by atoms with Gasteiger partial charge in [-0.1, -0.05) is 18.2 Å². The van der Waals surface area contributed by atoms with Crippen molar-refractivity contribution in [2.75, 3.05) is 22.5 Å². The van der Waals surface area contributed by atoms with Crippen molar-refractivity contribution in [2.24, 2.45) is 0 Å². The molecule has 0 radical (unpaired) electrons. The first-order valence-corrected chi connectivity index (χ1v) is 10.1. The van der Waals surface area contributed by atoms with Crippen molar-refractivity contribution in [3.05, 3.63) is 58.2 Å². The lowest BCUT2D eigenvalue weighted by molar-refractivity contribution is -0.336. The minimum Gasteiger partial charge on any atom is -0.365 e. The summed E-state index contributed by atoms with van der Waals surface area (Å²) in [5, 5.41) is 8.97. The van der Waals surface area contributed by atoms with E-state index in [2.05, 4.69) is 46.6 Å². The summed E-state index contributed by atoms with van der Waals surface area (Å²) in [4.78, 5) is 20.1. The summed E-state index contributed by atoms with van der Waals surface area (Å²) in [6, 6.07) is 5.47. The predicted octanol–water partition coefficient (Wildman–Crippen LogP) is 4.68. The lowest BCUT2D eigenvalue weighted by atomic mass is 10.0. The second-order valence-corrected chi connectivity index (χ2v) is 7.84. The van der Waals surface area contributed by atoms with Crippen molar-refractivity contribution in [1.82, 2.24) is 9.97 Å². The standard InChI is InChI=1S/C20H17BrF3N5O2/c21-15-10-26-19(27-13-4-5-16-12(7-13)8-17(30)28-16)29-18(15)25-9-11-2-1-3-14(6-11)31-20(22,23)24/h1-5,7,10,14H,6,8-9H2,(H,28,30)(H2,25,26,27,29). The van der Waals surface area contributed by atoms with E-state index in [1.807, 2.05) is 18.2 Å². The van der Waals surface area contributed by atoms with Crippen LogP contribution in [-0.2, 0) is 16.0 Å². The summed E-state index contributed by atoms with van der Waals surface area (Å²) in [6.45, 7) is 0.295. The number of carbonyl (C=O) groups excluding carboxylic acids is 1. The fourth-order valence-corrected chi connectivity index (χ4v) is 3.61. The first-order valence-electron chi connectivity index (χ1n) is 9.32. The highest BCUT2D eigenvalue weighted by atomic mass is 79.9. The highest BCUT2D eigenvalue weighted by Gasteiger charge is 2.33. The maximum absolute atomic E-state index is 12.4. The fourth-order valence-electron chi connectivity index (χ4n) is 3.28. The molecule has 2 heterocycles. The maximum Gasteiger partial charge on any atom is 0.523 e. The first-order chi connectivity index (χ1) is 14.7. The molecule has 1 aliphatic heterocycles. The Bertz CT molecular complexity index is 1070. The molecule has 1 aromatic heterocycles. The van der Waals surface area contributed by atoms with Crippen LogP contribution >= 0.6 is 15.9 Å². The molecule has 7 nitrogen and oxygen atoms in total. The lowest BCUT2D eigenvalue weighted by Crippen LogP contribution is -2.25. The number of aromatic nitrogens is 2. The molecule has 1 unspecified atom stereocenters. The number of nitrogens with zero attached hydrogens (tertiary/aromatic N) is 2. The molecule has 4 rings (SSSR count). The maximum atomic E-state index is 12.4. The molecule has 11 heteroatoms. The van der Waals surface area contributed by atoms with Gasteiger partial charge in [-0.2, -0.15) is 4.98 Å². The Kier molecular flexibility index (Phi) is 5.96. The number of halogens is 4. The van der Waals surface area contributed by atoms with Gasteiger partial charge in [0.2, 0.25) is 11.9 Å². The van der Waals surface area contributed by atoms with Crippen molar-refractivity contribution >= 4 is 45.0 Å². The average molecular weight is 496 g/mol. The molecule has 0 saturated carbocycles.